The number of aryl methyl sites for hydroxylation is 1. The van der Waals surface area contributed by atoms with Gasteiger partial charge in [0.1, 0.15) is 11.6 Å². The van der Waals surface area contributed by atoms with Gasteiger partial charge >= 0.3 is 0 Å². The van der Waals surface area contributed by atoms with Gasteiger partial charge in [0.25, 0.3) is 5.91 Å². The minimum atomic E-state index is -1.01. The van der Waals surface area contributed by atoms with Gasteiger partial charge < -0.3 is 5.32 Å². The SMILES string of the molecule is Cc1ccc(-n2nc3c(c2NC(=O)c2ccc(F)cc2)C[S@](=O)C3)cc1. The summed E-state index contributed by atoms with van der Waals surface area (Å²) in [4.78, 5) is 12.6. The molecule has 1 aromatic heterocycles. The van der Waals surface area contributed by atoms with E-state index >= 15 is 0 Å². The summed E-state index contributed by atoms with van der Waals surface area (Å²) < 4.78 is 26.7. The number of benzene rings is 2. The van der Waals surface area contributed by atoms with Crippen LogP contribution in [0.3, 0.4) is 0 Å². The number of halogens is 1. The van der Waals surface area contributed by atoms with Gasteiger partial charge in [-0.3, -0.25) is 9.00 Å². The van der Waals surface area contributed by atoms with Crippen molar-refractivity contribution in [1.29, 1.82) is 0 Å². The van der Waals surface area contributed by atoms with E-state index in [1.807, 2.05) is 31.2 Å². The molecule has 7 heteroatoms. The number of aromatic nitrogens is 2. The largest absolute Gasteiger partial charge is 0.306 e. The third kappa shape index (κ3) is 3.06. The van der Waals surface area contributed by atoms with Crippen LogP contribution in [0.15, 0.2) is 48.5 Å². The zero-order valence-corrected chi connectivity index (χ0v) is 14.8. The zero-order chi connectivity index (χ0) is 18.3. The number of rotatable bonds is 3. The average molecular weight is 369 g/mol. The Morgan fingerprint density at radius 3 is 2.50 bits per heavy atom. The first-order valence-corrected chi connectivity index (χ1v) is 9.60. The van der Waals surface area contributed by atoms with Gasteiger partial charge in [0.2, 0.25) is 0 Å². The maximum Gasteiger partial charge on any atom is 0.256 e. The second-order valence-corrected chi connectivity index (χ2v) is 7.67. The van der Waals surface area contributed by atoms with Gasteiger partial charge in [-0.1, -0.05) is 17.7 Å². The minimum absolute atomic E-state index is 0.343. The lowest BCUT2D eigenvalue weighted by Gasteiger charge is -2.11. The molecule has 2 heterocycles. The van der Waals surface area contributed by atoms with E-state index in [1.54, 1.807) is 4.68 Å². The lowest BCUT2D eigenvalue weighted by molar-refractivity contribution is 0.102. The van der Waals surface area contributed by atoms with Crippen LogP contribution in [-0.2, 0) is 22.3 Å². The Labute approximate surface area is 152 Å². The molecule has 1 amide bonds. The van der Waals surface area contributed by atoms with Crippen LogP contribution in [0.5, 0.6) is 0 Å². The predicted octanol–water partition coefficient (Wildman–Crippen LogP) is 3.33. The number of hydrogen-bond acceptors (Lipinski definition) is 3. The molecule has 0 saturated heterocycles. The van der Waals surface area contributed by atoms with E-state index < -0.39 is 16.6 Å². The van der Waals surface area contributed by atoms with Crippen molar-refractivity contribution in [3.8, 4) is 5.69 Å². The third-order valence-electron chi connectivity index (χ3n) is 4.29. The van der Waals surface area contributed by atoms with Gasteiger partial charge in [0.05, 0.1) is 22.9 Å². The van der Waals surface area contributed by atoms with Gasteiger partial charge in [0, 0.05) is 21.9 Å². The van der Waals surface area contributed by atoms with Crippen molar-refractivity contribution in [3.63, 3.8) is 0 Å². The van der Waals surface area contributed by atoms with Crippen molar-refractivity contribution in [3.05, 3.63) is 76.7 Å². The van der Waals surface area contributed by atoms with Gasteiger partial charge in [-0.15, -0.1) is 0 Å². The van der Waals surface area contributed by atoms with Crippen LogP contribution in [0.25, 0.3) is 5.69 Å². The molecule has 1 N–H and O–H groups in total. The van der Waals surface area contributed by atoms with Crippen molar-refractivity contribution in [2.75, 3.05) is 5.32 Å². The number of nitrogens with zero attached hydrogens (tertiary/aromatic N) is 2. The Hall–Kier alpha value is -2.80. The predicted molar refractivity (Wildman–Crippen MR) is 98.2 cm³/mol. The second-order valence-electron chi connectivity index (χ2n) is 6.21. The summed E-state index contributed by atoms with van der Waals surface area (Å²) in [5.41, 5.74) is 3.80. The van der Waals surface area contributed by atoms with Crippen LogP contribution < -0.4 is 5.32 Å². The third-order valence-corrected chi connectivity index (χ3v) is 5.49. The van der Waals surface area contributed by atoms with E-state index in [0.29, 0.717) is 22.9 Å². The summed E-state index contributed by atoms with van der Waals surface area (Å²) in [5, 5.41) is 7.42. The van der Waals surface area contributed by atoms with E-state index in [-0.39, 0.29) is 5.91 Å². The molecule has 0 radical (unpaired) electrons. The summed E-state index contributed by atoms with van der Waals surface area (Å²) in [7, 11) is -1.01. The Kier molecular flexibility index (Phi) is 4.16. The molecular weight excluding hydrogens is 353 g/mol. The highest BCUT2D eigenvalue weighted by atomic mass is 32.2. The molecule has 0 aliphatic carbocycles. The smallest absolute Gasteiger partial charge is 0.256 e. The Balaban J connectivity index is 1.74. The number of amides is 1. The average Bonchev–Trinajstić information content (AvgIpc) is 3.13. The van der Waals surface area contributed by atoms with E-state index in [9.17, 15) is 13.4 Å². The molecule has 4 rings (SSSR count). The number of anilines is 1. The molecule has 26 heavy (non-hydrogen) atoms. The molecule has 0 spiro atoms. The Morgan fingerprint density at radius 1 is 1.12 bits per heavy atom. The first kappa shape index (κ1) is 16.7. The van der Waals surface area contributed by atoms with Crippen LogP contribution >= 0.6 is 0 Å². The molecular formula is C19H16FN3O2S. The van der Waals surface area contributed by atoms with E-state index in [4.69, 9.17) is 0 Å². The van der Waals surface area contributed by atoms with Crippen molar-refractivity contribution in [2.24, 2.45) is 0 Å². The highest BCUT2D eigenvalue weighted by molar-refractivity contribution is 7.83. The molecule has 1 atom stereocenters. The number of nitrogens with one attached hydrogen (secondary N) is 1. The summed E-state index contributed by atoms with van der Waals surface area (Å²) in [6.45, 7) is 1.99. The molecule has 1 aliphatic heterocycles. The number of carbonyl (C=O) groups is 1. The lowest BCUT2D eigenvalue weighted by atomic mass is 10.2. The van der Waals surface area contributed by atoms with E-state index in [0.717, 1.165) is 22.5 Å². The molecule has 0 unspecified atom stereocenters. The fourth-order valence-corrected chi connectivity index (χ4v) is 4.17. The summed E-state index contributed by atoms with van der Waals surface area (Å²) in [6.07, 6.45) is 0. The molecule has 3 aromatic rings. The molecule has 2 aromatic carbocycles. The van der Waals surface area contributed by atoms with Crippen molar-refractivity contribution in [2.45, 2.75) is 18.4 Å². The first-order valence-electron chi connectivity index (χ1n) is 8.11. The topological polar surface area (TPSA) is 64.0 Å². The molecule has 0 saturated carbocycles. The highest BCUT2D eigenvalue weighted by Gasteiger charge is 2.28. The number of fused-ring (bicyclic) bond motifs is 1. The lowest BCUT2D eigenvalue weighted by Crippen LogP contribution is -2.16. The zero-order valence-electron chi connectivity index (χ0n) is 14.0. The minimum Gasteiger partial charge on any atom is -0.306 e. The van der Waals surface area contributed by atoms with Gasteiger partial charge in [-0.25, -0.2) is 9.07 Å². The van der Waals surface area contributed by atoms with E-state index in [1.165, 1.54) is 24.3 Å². The number of carbonyl (C=O) groups excluding carboxylic acids is 1. The molecule has 1 aliphatic rings. The fourth-order valence-electron chi connectivity index (χ4n) is 2.91. The van der Waals surface area contributed by atoms with Gasteiger partial charge in [-0.05, 0) is 43.3 Å². The van der Waals surface area contributed by atoms with E-state index in [2.05, 4.69) is 10.4 Å². The van der Waals surface area contributed by atoms with Crippen molar-refractivity contribution in [1.82, 2.24) is 9.78 Å². The molecule has 132 valence electrons. The van der Waals surface area contributed by atoms with Crippen LogP contribution in [0.4, 0.5) is 10.2 Å². The summed E-state index contributed by atoms with van der Waals surface area (Å²) >= 11 is 0. The van der Waals surface area contributed by atoms with Gasteiger partial charge in [-0.2, -0.15) is 5.10 Å². The second kappa shape index (κ2) is 6.49. The summed E-state index contributed by atoms with van der Waals surface area (Å²) in [5.74, 6) is 0.499. The van der Waals surface area contributed by atoms with Crippen LogP contribution in [0.2, 0.25) is 0 Å². The van der Waals surface area contributed by atoms with Crippen LogP contribution in [0, 0.1) is 12.7 Å². The normalized spacial score (nSPS) is 15.7. The monoisotopic (exact) mass is 369 g/mol. The maximum atomic E-state index is 13.1. The molecule has 0 bridgehead atoms. The summed E-state index contributed by atoms with van der Waals surface area (Å²) in [6, 6.07) is 13.1. The van der Waals surface area contributed by atoms with Crippen molar-refractivity contribution >= 4 is 22.5 Å². The van der Waals surface area contributed by atoms with Gasteiger partial charge in [0.15, 0.2) is 0 Å². The van der Waals surface area contributed by atoms with Crippen molar-refractivity contribution < 1.29 is 13.4 Å². The maximum absolute atomic E-state index is 13.1. The Morgan fingerprint density at radius 2 is 1.81 bits per heavy atom. The fraction of sp³-hybridized carbons (Fsp3) is 0.158. The molecule has 0 fully saturated rings. The van der Waals surface area contributed by atoms with Crippen LogP contribution in [-0.4, -0.2) is 19.9 Å². The molecule has 5 nitrogen and oxygen atoms in total. The quantitative estimate of drug-likeness (QED) is 0.770. The number of hydrogen-bond donors (Lipinski definition) is 1. The van der Waals surface area contributed by atoms with Crippen LogP contribution in [0.1, 0.15) is 27.2 Å². The standard InChI is InChI=1S/C19H16FN3O2S/c1-12-2-8-15(9-3-12)23-18(16-10-26(25)11-17(16)22-23)21-19(24)13-4-6-14(20)7-5-13/h2-9H,10-11H2,1H3,(H,21,24)/t26-/m0/s1. The Bertz CT molecular complexity index is 1010. The first-order chi connectivity index (χ1) is 12.5. The highest BCUT2D eigenvalue weighted by Crippen LogP contribution is 2.31.